The predicted octanol–water partition coefficient (Wildman–Crippen LogP) is 2.28. The molecular formula is C24H30FN7O2. The number of pyridine rings is 1. The van der Waals surface area contributed by atoms with E-state index in [0.29, 0.717) is 43.9 Å². The number of fused-ring (bicyclic) bond motifs is 1. The van der Waals surface area contributed by atoms with Crippen LogP contribution in [0.5, 0.6) is 0 Å². The minimum absolute atomic E-state index is 0.139. The van der Waals surface area contributed by atoms with E-state index >= 15 is 0 Å². The zero-order chi connectivity index (χ0) is 24.5. The van der Waals surface area contributed by atoms with Gasteiger partial charge < -0.3 is 16.4 Å². The van der Waals surface area contributed by atoms with E-state index in [4.69, 9.17) is 11.0 Å². The SMILES string of the molecule is CCNC1=C2NC(=O)C(CC)(N3CCC[C@@H](N(C(N)=O)c4ccc(C#N)nc4)C3)C2CC(F)=C1. The number of nitrogens with one attached hydrogen (secondary N) is 2. The highest BCUT2D eigenvalue weighted by Gasteiger charge is 2.57. The van der Waals surface area contributed by atoms with Gasteiger partial charge in [0.1, 0.15) is 23.1 Å². The van der Waals surface area contributed by atoms with Gasteiger partial charge in [0.25, 0.3) is 0 Å². The molecule has 0 aromatic carbocycles. The third-order valence-corrected chi connectivity index (χ3v) is 7.17. The van der Waals surface area contributed by atoms with E-state index in [1.807, 2.05) is 19.9 Å². The number of piperidine rings is 1. The molecule has 1 aromatic rings. The lowest BCUT2D eigenvalue weighted by Gasteiger charge is -2.48. The Hall–Kier alpha value is -3.45. The highest BCUT2D eigenvalue weighted by molar-refractivity contribution is 5.93. The van der Waals surface area contributed by atoms with Crippen molar-refractivity contribution in [1.29, 1.82) is 5.26 Å². The molecule has 3 aliphatic rings. The van der Waals surface area contributed by atoms with Crippen LogP contribution in [0.1, 0.15) is 45.2 Å². The highest BCUT2D eigenvalue weighted by Crippen LogP contribution is 2.46. The number of anilines is 1. The van der Waals surface area contributed by atoms with Gasteiger partial charge in [-0.3, -0.25) is 14.6 Å². The number of primary amides is 1. The Balaban J connectivity index is 1.67. The minimum atomic E-state index is -0.924. The first kappa shape index (κ1) is 23.7. The number of likely N-dealkylation sites (N-methyl/N-ethyl adjacent to an activating group) is 1. The molecule has 0 spiro atoms. The molecule has 2 aliphatic heterocycles. The molecule has 1 aromatic heterocycles. The van der Waals surface area contributed by atoms with Crippen LogP contribution < -0.4 is 21.3 Å². The lowest BCUT2D eigenvalue weighted by Crippen LogP contribution is -2.63. The van der Waals surface area contributed by atoms with E-state index in [0.717, 1.165) is 12.1 Å². The van der Waals surface area contributed by atoms with Crippen LogP contribution in [-0.2, 0) is 4.79 Å². The maximum Gasteiger partial charge on any atom is 0.319 e. The van der Waals surface area contributed by atoms with Crippen LogP contribution in [0.25, 0.3) is 0 Å². The second kappa shape index (κ2) is 9.43. The molecule has 0 bridgehead atoms. The second-order valence-corrected chi connectivity index (χ2v) is 8.90. The third-order valence-electron chi connectivity index (χ3n) is 7.17. The van der Waals surface area contributed by atoms with Crippen molar-refractivity contribution >= 4 is 17.6 Å². The molecule has 2 saturated heterocycles. The molecule has 4 N–H and O–H groups in total. The largest absolute Gasteiger partial charge is 0.384 e. The summed E-state index contributed by atoms with van der Waals surface area (Å²) in [7, 11) is 0. The summed E-state index contributed by atoms with van der Waals surface area (Å²) >= 11 is 0. The first-order chi connectivity index (χ1) is 16.3. The van der Waals surface area contributed by atoms with Gasteiger partial charge in [-0.15, -0.1) is 0 Å². The number of urea groups is 1. The summed E-state index contributed by atoms with van der Waals surface area (Å²) in [6, 6.07) is 4.24. The second-order valence-electron chi connectivity index (χ2n) is 8.90. The van der Waals surface area contributed by atoms with Crippen LogP contribution >= 0.6 is 0 Å². The van der Waals surface area contributed by atoms with Gasteiger partial charge in [-0.2, -0.15) is 5.26 Å². The summed E-state index contributed by atoms with van der Waals surface area (Å²) in [5, 5.41) is 15.2. The first-order valence-corrected chi connectivity index (χ1v) is 11.7. The van der Waals surface area contributed by atoms with Crippen LogP contribution in [0.3, 0.4) is 0 Å². The molecule has 0 radical (unpaired) electrons. The molecule has 3 amide bonds. The molecule has 180 valence electrons. The van der Waals surface area contributed by atoms with Crippen molar-refractivity contribution in [2.45, 2.75) is 51.1 Å². The Morgan fingerprint density at radius 1 is 1.47 bits per heavy atom. The maximum atomic E-state index is 14.7. The number of carbonyl (C=O) groups is 2. The number of halogens is 1. The Morgan fingerprint density at radius 2 is 2.26 bits per heavy atom. The van der Waals surface area contributed by atoms with Crippen LogP contribution in [0.2, 0.25) is 0 Å². The van der Waals surface area contributed by atoms with E-state index in [1.54, 1.807) is 12.1 Å². The number of nitrogens with two attached hydrogens (primary N) is 1. The number of hydrogen-bond acceptors (Lipinski definition) is 6. The van der Waals surface area contributed by atoms with Crippen molar-refractivity contribution in [1.82, 2.24) is 20.5 Å². The van der Waals surface area contributed by atoms with Crippen molar-refractivity contribution in [2.75, 3.05) is 24.5 Å². The summed E-state index contributed by atoms with van der Waals surface area (Å²) in [6.45, 7) is 5.56. The van der Waals surface area contributed by atoms with E-state index < -0.39 is 11.6 Å². The third kappa shape index (κ3) is 3.90. The molecule has 0 saturated carbocycles. The van der Waals surface area contributed by atoms with Crippen molar-refractivity contribution in [3.63, 3.8) is 0 Å². The minimum Gasteiger partial charge on any atom is -0.384 e. The Kier molecular flexibility index (Phi) is 6.57. The molecule has 1 aliphatic carbocycles. The first-order valence-electron chi connectivity index (χ1n) is 11.7. The number of allylic oxidation sites excluding steroid dienone is 2. The number of rotatable bonds is 6. The van der Waals surface area contributed by atoms with E-state index in [-0.39, 0.29) is 35.8 Å². The predicted molar refractivity (Wildman–Crippen MR) is 125 cm³/mol. The number of carbonyl (C=O) groups excluding carboxylic acids is 2. The van der Waals surface area contributed by atoms with Crippen molar-refractivity contribution in [3.05, 3.63) is 47.3 Å². The van der Waals surface area contributed by atoms with Gasteiger partial charge in [0.2, 0.25) is 5.91 Å². The van der Waals surface area contributed by atoms with Crippen LogP contribution in [0.4, 0.5) is 14.9 Å². The van der Waals surface area contributed by atoms with Crippen molar-refractivity contribution in [3.8, 4) is 6.07 Å². The van der Waals surface area contributed by atoms with E-state index in [1.165, 1.54) is 17.2 Å². The van der Waals surface area contributed by atoms with Crippen molar-refractivity contribution in [2.24, 2.45) is 11.7 Å². The number of likely N-dealkylation sites (tertiary alicyclic amines) is 1. The smallest absolute Gasteiger partial charge is 0.319 e. The molecule has 34 heavy (non-hydrogen) atoms. The topological polar surface area (TPSA) is 127 Å². The average molecular weight is 468 g/mol. The van der Waals surface area contributed by atoms with E-state index in [2.05, 4.69) is 20.5 Å². The van der Waals surface area contributed by atoms with Crippen LogP contribution in [-0.4, -0.2) is 53.0 Å². The summed E-state index contributed by atoms with van der Waals surface area (Å²) in [6.07, 6.45) is 5.03. The average Bonchev–Trinajstić information content (AvgIpc) is 3.12. The standard InChI is InChI=1S/C24H30FN7O2/c1-3-24(19-10-15(25)11-20(28-4-2)21(19)30-22(24)33)31-9-5-6-18(14-31)32(23(27)34)17-8-7-16(12-26)29-13-17/h7-8,11,13,18-19,28H,3-6,9-10,14H2,1-2H3,(H2,27,34)(H,30,33)/t18-,19?,24?/m1/s1. The van der Waals surface area contributed by atoms with Gasteiger partial charge in [-0.05, 0) is 50.9 Å². The normalized spacial score (nSPS) is 26.9. The van der Waals surface area contributed by atoms with Gasteiger partial charge in [0.05, 0.1) is 23.6 Å². The zero-order valence-corrected chi connectivity index (χ0v) is 19.5. The van der Waals surface area contributed by atoms with Crippen LogP contribution in [0.15, 0.2) is 41.6 Å². The van der Waals surface area contributed by atoms with Gasteiger partial charge in [0.15, 0.2) is 0 Å². The summed E-state index contributed by atoms with van der Waals surface area (Å²) < 4.78 is 14.7. The Bertz CT molecular complexity index is 1080. The van der Waals surface area contributed by atoms with Crippen molar-refractivity contribution < 1.29 is 14.0 Å². The number of aromatic nitrogens is 1. The van der Waals surface area contributed by atoms with Crippen LogP contribution in [0, 0.1) is 17.2 Å². The fourth-order valence-corrected chi connectivity index (χ4v) is 5.70. The fraction of sp³-hybridized carbons (Fsp3) is 0.500. The van der Waals surface area contributed by atoms with Gasteiger partial charge in [0, 0.05) is 31.1 Å². The molecule has 2 unspecified atom stereocenters. The summed E-state index contributed by atoms with van der Waals surface area (Å²) in [4.78, 5) is 33.6. The maximum absolute atomic E-state index is 14.7. The highest BCUT2D eigenvalue weighted by atomic mass is 19.1. The fourth-order valence-electron chi connectivity index (χ4n) is 5.70. The Morgan fingerprint density at radius 3 is 2.88 bits per heavy atom. The number of amides is 3. The lowest BCUT2D eigenvalue weighted by atomic mass is 9.75. The monoisotopic (exact) mass is 467 g/mol. The molecule has 9 nitrogen and oxygen atoms in total. The van der Waals surface area contributed by atoms with Gasteiger partial charge in [-0.25, -0.2) is 14.2 Å². The van der Waals surface area contributed by atoms with Gasteiger partial charge >= 0.3 is 6.03 Å². The summed E-state index contributed by atoms with van der Waals surface area (Å²) in [5.74, 6) is -0.740. The summed E-state index contributed by atoms with van der Waals surface area (Å²) in [5.41, 5.74) is 6.94. The van der Waals surface area contributed by atoms with Gasteiger partial charge in [-0.1, -0.05) is 6.92 Å². The Labute approximate surface area is 198 Å². The molecule has 3 atom stereocenters. The quantitative estimate of drug-likeness (QED) is 0.589. The van der Waals surface area contributed by atoms with E-state index in [9.17, 15) is 14.0 Å². The molecule has 4 rings (SSSR count). The number of hydrogen-bond donors (Lipinski definition) is 3. The molecule has 10 heteroatoms. The molecular weight excluding hydrogens is 437 g/mol. The lowest BCUT2D eigenvalue weighted by molar-refractivity contribution is -0.133. The zero-order valence-electron chi connectivity index (χ0n) is 19.5. The number of nitrogens with zero attached hydrogens (tertiary/aromatic N) is 4. The molecule has 3 heterocycles. The number of nitriles is 1. The molecule has 2 fully saturated rings.